The van der Waals surface area contributed by atoms with Crippen molar-refractivity contribution < 1.29 is 18.3 Å². The maximum atomic E-state index is 12.6. The van der Waals surface area contributed by atoms with Crippen LogP contribution in [0.15, 0.2) is 47.5 Å². The Kier molecular flexibility index (Phi) is 7.20. The van der Waals surface area contributed by atoms with Gasteiger partial charge in [-0.1, -0.05) is 35.9 Å². The van der Waals surface area contributed by atoms with Crippen molar-refractivity contribution in [2.45, 2.75) is 26.6 Å². The molecule has 0 fully saturated rings. The van der Waals surface area contributed by atoms with E-state index in [1.54, 1.807) is 32.4 Å². The highest BCUT2D eigenvalue weighted by Crippen LogP contribution is 2.22. The number of rotatable bonds is 7. The number of hydrogen-bond acceptors (Lipinski definition) is 3. The van der Waals surface area contributed by atoms with E-state index in [0.717, 1.165) is 16.9 Å². The van der Waals surface area contributed by atoms with E-state index in [-0.39, 0.29) is 5.75 Å². The molecule has 0 heterocycles. The lowest BCUT2D eigenvalue weighted by atomic mass is 10.1. The molecule has 0 spiro atoms. The number of hydrogen-bond donors (Lipinski definition) is 2. The summed E-state index contributed by atoms with van der Waals surface area (Å²) in [7, 11) is 3.26. The Morgan fingerprint density at radius 3 is 2.38 bits per heavy atom. The third kappa shape index (κ3) is 5.61. The maximum absolute atomic E-state index is 12.6. The molecule has 0 aliphatic heterocycles. The normalized spacial score (nSPS) is 11.4. The summed E-state index contributed by atoms with van der Waals surface area (Å²) >= 11 is 0. The van der Waals surface area contributed by atoms with Crippen molar-refractivity contribution in [3.63, 3.8) is 0 Å². The molecule has 140 valence electrons. The van der Waals surface area contributed by atoms with E-state index in [4.69, 9.17) is 4.74 Å². The van der Waals surface area contributed by atoms with Crippen LogP contribution in [0.5, 0.6) is 11.5 Å². The topological polar surface area (TPSA) is 54.9 Å². The minimum Gasteiger partial charge on any atom is -0.496 e. The second-order valence-corrected chi connectivity index (χ2v) is 5.58. The van der Waals surface area contributed by atoms with Gasteiger partial charge in [0.25, 0.3) is 0 Å². The van der Waals surface area contributed by atoms with Crippen molar-refractivity contribution >= 4 is 5.96 Å². The number of methoxy groups -OCH3 is 1. The number of nitrogens with zero attached hydrogens (tertiary/aromatic N) is 1. The molecule has 0 saturated carbocycles. The molecule has 0 bridgehead atoms. The molecule has 26 heavy (non-hydrogen) atoms. The van der Waals surface area contributed by atoms with Gasteiger partial charge in [0, 0.05) is 31.3 Å². The monoisotopic (exact) mass is 363 g/mol. The van der Waals surface area contributed by atoms with Gasteiger partial charge in [-0.25, -0.2) is 0 Å². The first kappa shape index (κ1) is 19.5. The van der Waals surface area contributed by atoms with Crippen LogP contribution >= 0.6 is 0 Å². The van der Waals surface area contributed by atoms with Crippen molar-refractivity contribution in [1.82, 2.24) is 10.6 Å². The van der Waals surface area contributed by atoms with Crippen molar-refractivity contribution in [2.75, 3.05) is 14.2 Å². The molecule has 2 rings (SSSR count). The summed E-state index contributed by atoms with van der Waals surface area (Å²) in [5.74, 6) is 1.47. The maximum Gasteiger partial charge on any atom is 0.387 e. The molecule has 0 saturated heterocycles. The summed E-state index contributed by atoms with van der Waals surface area (Å²) in [5.41, 5.74) is 2.57. The highest BCUT2D eigenvalue weighted by atomic mass is 19.3. The van der Waals surface area contributed by atoms with Crippen LogP contribution in [0.3, 0.4) is 0 Å². The predicted octanol–water partition coefficient (Wildman–Crippen LogP) is 3.47. The third-order valence-corrected chi connectivity index (χ3v) is 3.74. The molecular formula is C19H23F2N3O2. The van der Waals surface area contributed by atoms with Gasteiger partial charge in [0.05, 0.1) is 7.11 Å². The van der Waals surface area contributed by atoms with Crippen LogP contribution in [0, 0.1) is 6.92 Å². The largest absolute Gasteiger partial charge is 0.496 e. The molecule has 0 aliphatic carbocycles. The second kappa shape index (κ2) is 9.60. The molecule has 2 N–H and O–H groups in total. The van der Waals surface area contributed by atoms with Crippen molar-refractivity contribution in [1.29, 1.82) is 0 Å². The van der Waals surface area contributed by atoms with Gasteiger partial charge in [-0.2, -0.15) is 8.78 Å². The number of alkyl halides is 2. The number of aliphatic imine (C=N–C) groups is 1. The lowest BCUT2D eigenvalue weighted by Crippen LogP contribution is -2.36. The predicted molar refractivity (Wildman–Crippen MR) is 97.8 cm³/mol. The van der Waals surface area contributed by atoms with E-state index in [1.165, 1.54) is 0 Å². The van der Waals surface area contributed by atoms with Crippen LogP contribution in [-0.4, -0.2) is 26.7 Å². The van der Waals surface area contributed by atoms with Gasteiger partial charge < -0.3 is 20.1 Å². The summed E-state index contributed by atoms with van der Waals surface area (Å²) in [6.45, 7) is -0.156. The molecule has 0 atom stereocenters. The molecule has 0 unspecified atom stereocenters. The minimum atomic E-state index is -2.86. The highest BCUT2D eigenvalue weighted by Gasteiger charge is 2.11. The lowest BCUT2D eigenvalue weighted by Gasteiger charge is -2.16. The zero-order valence-corrected chi connectivity index (χ0v) is 15.1. The van der Waals surface area contributed by atoms with Gasteiger partial charge in [0.1, 0.15) is 11.5 Å². The Labute approximate surface area is 152 Å². The molecular weight excluding hydrogens is 340 g/mol. The number of halogens is 2. The molecule has 0 aliphatic rings. The molecule has 2 aromatic carbocycles. The van der Waals surface area contributed by atoms with E-state index in [0.29, 0.717) is 24.6 Å². The van der Waals surface area contributed by atoms with Crippen molar-refractivity contribution in [2.24, 2.45) is 4.99 Å². The number of nitrogens with one attached hydrogen (secondary N) is 2. The Morgan fingerprint density at radius 2 is 1.73 bits per heavy atom. The smallest absolute Gasteiger partial charge is 0.387 e. The fraction of sp³-hybridized carbons (Fsp3) is 0.316. The van der Waals surface area contributed by atoms with Crippen molar-refractivity contribution in [3.8, 4) is 11.5 Å². The Hall–Kier alpha value is -2.83. The van der Waals surface area contributed by atoms with Crippen LogP contribution in [0.1, 0.15) is 16.7 Å². The number of aryl methyl sites for hydroxylation is 1. The van der Waals surface area contributed by atoms with Gasteiger partial charge >= 0.3 is 6.61 Å². The van der Waals surface area contributed by atoms with Gasteiger partial charge in [0.15, 0.2) is 5.96 Å². The van der Waals surface area contributed by atoms with Crippen LogP contribution < -0.4 is 20.1 Å². The first-order valence-electron chi connectivity index (χ1n) is 8.14. The minimum absolute atomic E-state index is 0.151. The van der Waals surface area contributed by atoms with Crippen LogP contribution in [0.2, 0.25) is 0 Å². The van der Waals surface area contributed by atoms with Crippen molar-refractivity contribution in [3.05, 3.63) is 59.2 Å². The summed E-state index contributed by atoms with van der Waals surface area (Å²) < 4.78 is 35.0. The van der Waals surface area contributed by atoms with Gasteiger partial charge in [-0.05, 0) is 19.1 Å². The Balaban J connectivity index is 2.00. The first-order chi connectivity index (χ1) is 12.5. The number of benzene rings is 2. The number of ether oxygens (including phenoxy) is 2. The molecule has 7 heteroatoms. The fourth-order valence-electron chi connectivity index (χ4n) is 2.48. The quantitative estimate of drug-likeness (QED) is 0.584. The molecule has 0 aromatic heterocycles. The Bertz CT molecular complexity index is 751. The molecule has 0 radical (unpaired) electrons. The zero-order chi connectivity index (χ0) is 18.9. The second-order valence-electron chi connectivity index (χ2n) is 5.58. The van der Waals surface area contributed by atoms with Crippen LogP contribution in [0.4, 0.5) is 8.78 Å². The van der Waals surface area contributed by atoms with E-state index in [2.05, 4.69) is 20.4 Å². The molecule has 0 amide bonds. The van der Waals surface area contributed by atoms with Crippen LogP contribution in [0.25, 0.3) is 0 Å². The molecule has 5 nitrogen and oxygen atoms in total. The summed E-state index contributed by atoms with van der Waals surface area (Å²) in [6, 6.07) is 12.7. The standard InChI is InChI=1S/C19H23F2N3O2/c1-13-8-9-17(26-18(20)21)15(10-13)12-24-19(22-2)23-11-14-6-4-5-7-16(14)25-3/h4-10,18H,11-12H2,1-3H3,(H2,22,23,24). The van der Waals surface area contributed by atoms with E-state index in [9.17, 15) is 8.78 Å². The third-order valence-electron chi connectivity index (χ3n) is 3.74. The van der Waals surface area contributed by atoms with E-state index < -0.39 is 6.61 Å². The van der Waals surface area contributed by atoms with Gasteiger partial charge in [-0.3, -0.25) is 4.99 Å². The van der Waals surface area contributed by atoms with Gasteiger partial charge in [0.2, 0.25) is 0 Å². The lowest BCUT2D eigenvalue weighted by molar-refractivity contribution is -0.0504. The fourth-order valence-corrected chi connectivity index (χ4v) is 2.48. The first-order valence-corrected chi connectivity index (χ1v) is 8.14. The number of para-hydroxylation sites is 1. The SMILES string of the molecule is CN=C(NCc1ccccc1OC)NCc1cc(C)ccc1OC(F)F. The van der Waals surface area contributed by atoms with E-state index >= 15 is 0 Å². The highest BCUT2D eigenvalue weighted by molar-refractivity contribution is 5.79. The average molecular weight is 363 g/mol. The average Bonchev–Trinajstić information content (AvgIpc) is 2.63. The summed E-state index contributed by atoms with van der Waals surface area (Å²) in [4.78, 5) is 4.15. The zero-order valence-electron chi connectivity index (χ0n) is 15.1. The molecule has 2 aromatic rings. The van der Waals surface area contributed by atoms with E-state index in [1.807, 2.05) is 31.2 Å². The Morgan fingerprint density at radius 1 is 1.04 bits per heavy atom. The van der Waals surface area contributed by atoms with Gasteiger partial charge in [-0.15, -0.1) is 0 Å². The summed E-state index contributed by atoms with van der Waals surface area (Å²) in [5, 5.41) is 6.28. The van der Waals surface area contributed by atoms with Crippen LogP contribution in [-0.2, 0) is 13.1 Å². The number of guanidine groups is 1. The summed E-state index contributed by atoms with van der Waals surface area (Å²) in [6.07, 6.45) is 0.